The van der Waals surface area contributed by atoms with Gasteiger partial charge >= 0.3 is 6.18 Å². The Labute approximate surface area is 208 Å². The lowest BCUT2D eigenvalue weighted by Crippen LogP contribution is -2.47. The fourth-order valence-corrected chi connectivity index (χ4v) is 5.04. The third-order valence-corrected chi connectivity index (χ3v) is 7.77. The van der Waals surface area contributed by atoms with Crippen LogP contribution in [0.5, 0.6) is 5.75 Å². The van der Waals surface area contributed by atoms with Gasteiger partial charge in [-0.3, -0.25) is 4.79 Å². The molecule has 2 N–H and O–H groups in total. The van der Waals surface area contributed by atoms with Gasteiger partial charge in [-0.15, -0.1) is 0 Å². The molecule has 15 heteroatoms. The molecule has 204 valence electrons. The Hall–Kier alpha value is -2.78. The quantitative estimate of drug-likeness (QED) is 0.528. The summed E-state index contributed by atoms with van der Waals surface area (Å²) in [6, 6.07) is 1.76. The number of aliphatic hydroxyl groups is 1. The minimum absolute atomic E-state index is 0.112. The summed E-state index contributed by atoms with van der Waals surface area (Å²) in [5, 5.41) is 15.4. The van der Waals surface area contributed by atoms with Crippen LogP contribution in [-0.2, 0) is 19.6 Å². The average molecular weight is 554 g/mol. The van der Waals surface area contributed by atoms with Gasteiger partial charge in [0.2, 0.25) is 5.82 Å². The van der Waals surface area contributed by atoms with Gasteiger partial charge in [0.1, 0.15) is 12.2 Å². The molecule has 1 saturated heterocycles. The third kappa shape index (κ3) is 4.91. The number of anilines is 1. The lowest BCUT2D eigenvalue weighted by Gasteiger charge is -2.34. The zero-order chi connectivity index (χ0) is 27.5. The molecule has 1 amide bonds. The van der Waals surface area contributed by atoms with Crippen molar-refractivity contribution in [1.29, 1.82) is 0 Å². The molecule has 2 aliphatic rings. The first-order chi connectivity index (χ1) is 17.0. The maximum absolute atomic E-state index is 14.9. The molecule has 1 saturated carbocycles. The van der Waals surface area contributed by atoms with Gasteiger partial charge < -0.3 is 19.9 Å². The fraction of sp³-hybridized carbons (Fsp3) is 0.545. The molecule has 0 bridgehead atoms. The normalized spacial score (nSPS) is 30.1. The summed E-state index contributed by atoms with van der Waals surface area (Å²) in [7, 11) is -3.80. The number of carbonyl (C=O) groups excluding carboxylic acids is 1. The number of aliphatic hydroxyl groups excluding tert-OH is 1. The Morgan fingerprint density at radius 2 is 1.95 bits per heavy atom. The summed E-state index contributed by atoms with van der Waals surface area (Å²) in [6.07, 6.45) is -5.23. The summed E-state index contributed by atoms with van der Waals surface area (Å²) >= 11 is 0. The van der Waals surface area contributed by atoms with Crippen LogP contribution in [0.1, 0.15) is 38.2 Å². The molecule has 2 aromatic rings. The number of nitrogens with zero attached hydrogens (tertiary/aromatic N) is 2. The molecule has 0 unspecified atom stereocenters. The molecule has 4 rings (SSSR count). The van der Waals surface area contributed by atoms with E-state index < -0.39 is 75.2 Å². The number of rotatable bonds is 6. The molecule has 1 aromatic heterocycles. The Balaban J connectivity index is 1.75. The smallest absolute Gasteiger partial charge is 0.417 e. The van der Waals surface area contributed by atoms with E-state index in [4.69, 9.17) is 9.47 Å². The molecule has 1 aromatic carbocycles. The number of nitrogens with one attached hydrogen (secondary N) is 1. The van der Waals surface area contributed by atoms with Crippen LogP contribution in [0, 0.1) is 17.6 Å². The van der Waals surface area contributed by atoms with Crippen molar-refractivity contribution in [3.63, 3.8) is 0 Å². The lowest BCUT2D eigenvalue weighted by molar-refractivity contribution is -0.272. The largest absolute Gasteiger partial charge is 0.487 e. The second kappa shape index (κ2) is 9.20. The summed E-state index contributed by atoms with van der Waals surface area (Å²) in [5.41, 5.74) is -3.21. The van der Waals surface area contributed by atoms with Crippen LogP contribution in [0.15, 0.2) is 24.5 Å². The van der Waals surface area contributed by atoms with Gasteiger partial charge in [0.25, 0.3) is 15.9 Å². The van der Waals surface area contributed by atoms with E-state index in [1.54, 1.807) is 0 Å². The van der Waals surface area contributed by atoms with E-state index in [-0.39, 0.29) is 24.1 Å². The topological polar surface area (TPSA) is 120 Å². The highest BCUT2D eigenvalue weighted by Crippen LogP contribution is 2.55. The van der Waals surface area contributed by atoms with Crippen LogP contribution in [0.25, 0.3) is 0 Å². The number of benzene rings is 1. The number of hydrogen-bond donors (Lipinski definition) is 2. The minimum atomic E-state index is -4.95. The number of hydrogen-bond acceptors (Lipinski definition) is 7. The van der Waals surface area contributed by atoms with E-state index in [0.717, 1.165) is 31.6 Å². The highest BCUT2D eigenvalue weighted by atomic mass is 32.2. The number of amides is 1. The average Bonchev–Trinajstić information content (AvgIpc) is 3.34. The van der Waals surface area contributed by atoms with Gasteiger partial charge in [-0.25, -0.2) is 12.8 Å². The number of carbonyl (C=O) groups is 1. The highest BCUT2D eigenvalue weighted by Gasteiger charge is 2.66. The van der Waals surface area contributed by atoms with Crippen molar-refractivity contribution in [1.82, 2.24) is 9.19 Å². The van der Waals surface area contributed by atoms with E-state index >= 15 is 0 Å². The molecule has 4 atom stereocenters. The molecule has 1 aliphatic heterocycles. The van der Waals surface area contributed by atoms with E-state index in [9.17, 15) is 40.3 Å². The van der Waals surface area contributed by atoms with Gasteiger partial charge in [0.15, 0.2) is 17.2 Å². The van der Waals surface area contributed by atoms with Crippen molar-refractivity contribution in [2.75, 3.05) is 11.6 Å². The predicted molar refractivity (Wildman–Crippen MR) is 118 cm³/mol. The summed E-state index contributed by atoms with van der Waals surface area (Å²) in [6.45, 7) is 1.92. The van der Waals surface area contributed by atoms with E-state index in [2.05, 4.69) is 10.4 Å². The summed E-state index contributed by atoms with van der Waals surface area (Å²) in [4.78, 5) is 13.2. The lowest BCUT2D eigenvalue weighted by atomic mass is 9.76. The molecule has 2 fully saturated rings. The van der Waals surface area contributed by atoms with E-state index in [0.29, 0.717) is 10.2 Å². The number of halogens is 5. The number of aromatic nitrogens is 2. The third-order valence-electron chi connectivity index (χ3n) is 6.89. The van der Waals surface area contributed by atoms with Crippen molar-refractivity contribution < 1.29 is 49.7 Å². The maximum Gasteiger partial charge on any atom is 0.417 e. The van der Waals surface area contributed by atoms with Gasteiger partial charge in [-0.2, -0.15) is 26.7 Å². The molecule has 37 heavy (non-hydrogen) atoms. The Morgan fingerprint density at radius 1 is 1.30 bits per heavy atom. The number of ether oxygens (including phenoxy) is 2. The Morgan fingerprint density at radius 3 is 2.49 bits per heavy atom. The Bertz CT molecular complexity index is 1310. The van der Waals surface area contributed by atoms with Crippen LogP contribution < -0.4 is 10.1 Å². The van der Waals surface area contributed by atoms with Gasteiger partial charge in [0.05, 0.1) is 30.4 Å². The van der Waals surface area contributed by atoms with Crippen molar-refractivity contribution in [2.24, 2.45) is 5.92 Å². The fourth-order valence-electron chi connectivity index (χ4n) is 4.52. The molecular weight excluding hydrogens is 529 g/mol. The van der Waals surface area contributed by atoms with Crippen LogP contribution in [0.4, 0.5) is 27.6 Å². The first-order valence-electron chi connectivity index (χ1n) is 11.2. The standard InChI is InChI=1S/C22H24F5N3O6S/c1-10-16(14-4-5-15(23)17(24)18(14)35-13-6-12(31)7-13)19(36-21(10,2)22(25,26)27)20(32)29-11-8-28-30(9-11)37(3,33)34/h4-5,8-10,12-13,16,19,31H,6-7H2,1-3H3,(H,29,32)/t10-,12-,13+,16-,19+,21+/m0/s1. The van der Waals surface area contributed by atoms with Crippen LogP contribution in [0.2, 0.25) is 0 Å². The summed E-state index contributed by atoms with van der Waals surface area (Å²) in [5.74, 6) is -7.43. The SMILES string of the molecule is C[C@H]1[C@@H](c2ccc(F)c(F)c2O[C@H]2C[C@@H](O)C2)[C@H](C(=O)Nc2cnn(S(C)(=O)=O)c2)O[C@@]1(C)C(F)(F)F. The molecule has 9 nitrogen and oxygen atoms in total. The van der Waals surface area contributed by atoms with Crippen molar-refractivity contribution in [3.8, 4) is 5.75 Å². The van der Waals surface area contributed by atoms with Crippen LogP contribution in [0.3, 0.4) is 0 Å². The van der Waals surface area contributed by atoms with Gasteiger partial charge in [-0.05, 0) is 13.0 Å². The highest BCUT2D eigenvalue weighted by molar-refractivity contribution is 7.89. The molecular formula is C22H24F5N3O6S. The van der Waals surface area contributed by atoms with Crippen LogP contribution in [-0.4, -0.2) is 65.0 Å². The number of alkyl halides is 3. The van der Waals surface area contributed by atoms with Crippen molar-refractivity contribution in [3.05, 3.63) is 41.7 Å². The monoisotopic (exact) mass is 553 g/mol. The van der Waals surface area contributed by atoms with E-state index in [1.165, 1.54) is 6.92 Å². The van der Waals surface area contributed by atoms with Crippen LogP contribution >= 0.6 is 0 Å². The first kappa shape index (κ1) is 27.3. The minimum Gasteiger partial charge on any atom is -0.487 e. The molecule has 0 radical (unpaired) electrons. The first-order valence-corrected chi connectivity index (χ1v) is 13.0. The zero-order valence-electron chi connectivity index (χ0n) is 19.8. The van der Waals surface area contributed by atoms with E-state index in [1.807, 2.05) is 0 Å². The van der Waals surface area contributed by atoms with Crippen molar-refractivity contribution >= 4 is 21.6 Å². The second-order valence-electron chi connectivity index (χ2n) is 9.46. The second-order valence-corrected chi connectivity index (χ2v) is 11.3. The molecule has 1 aliphatic carbocycles. The molecule has 0 spiro atoms. The van der Waals surface area contributed by atoms with Crippen molar-refractivity contribution in [2.45, 2.75) is 62.7 Å². The zero-order valence-corrected chi connectivity index (χ0v) is 20.6. The van der Waals surface area contributed by atoms with Gasteiger partial charge in [0, 0.05) is 30.2 Å². The predicted octanol–water partition coefficient (Wildman–Crippen LogP) is 2.95. The maximum atomic E-state index is 14.9. The molecule has 2 heterocycles. The summed E-state index contributed by atoms with van der Waals surface area (Å²) < 4.78 is 106. The Kier molecular flexibility index (Phi) is 6.78. The van der Waals surface area contributed by atoms with Gasteiger partial charge in [-0.1, -0.05) is 13.0 Å².